The maximum absolute atomic E-state index is 10.9. The van der Waals surface area contributed by atoms with E-state index in [0.29, 0.717) is 32.5 Å². The number of nitrogens with two attached hydrogens (primary N) is 1. The summed E-state index contributed by atoms with van der Waals surface area (Å²) >= 11 is 0. The SMILES string of the molecule is NC(=O)CCN1CCO[C@@](CO)(Cc2ccccc2)C1. The summed E-state index contributed by atoms with van der Waals surface area (Å²) in [6.45, 7) is 2.53. The summed E-state index contributed by atoms with van der Waals surface area (Å²) in [5.74, 6) is -0.297. The summed E-state index contributed by atoms with van der Waals surface area (Å²) in [5, 5.41) is 9.75. The second kappa shape index (κ2) is 6.83. The van der Waals surface area contributed by atoms with Crippen molar-refractivity contribution in [3.63, 3.8) is 0 Å². The third kappa shape index (κ3) is 4.03. The Labute approximate surface area is 119 Å². The van der Waals surface area contributed by atoms with Crippen LogP contribution in [0.1, 0.15) is 12.0 Å². The van der Waals surface area contributed by atoms with Gasteiger partial charge in [0.1, 0.15) is 5.60 Å². The number of carbonyl (C=O) groups excluding carboxylic acids is 1. The first-order chi connectivity index (χ1) is 9.63. The van der Waals surface area contributed by atoms with E-state index in [4.69, 9.17) is 10.5 Å². The number of aliphatic hydroxyl groups is 1. The average Bonchev–Trinajstić information content (AvgIpc) is 2.46. The molecule has 1 aliphatic rings. The Morgan fingerprint density at radius 2 is 2.15 bits per heavy atom. The lowest BCUT2D eigenvalue weighted by atomic mass is 9.93. The van der Waals surface area contributed by atoms with E-state index in [1.165, 1.54) is 0 Å². The van der Waals surface area contributed by atoms with Crippen LogP contribution >= 0.6 is 0 Å². The number of amides is 1. The van der Waals surface area contributed by atoms with Gasteiger partial charge in [0.05, 0.1) is 13.2 Å². The average molecular weight is 278 g/mol. The van der Waals surface area contributed by atoms with Crippen LogP contribution in [-0.2, 0) is 16.0 Å². The molecule has 0 saturated carbocycles. The van der Waals surface area contributed by atoms with Gasteiger partial charge < -0.3 is 15.6 Å². The predicted molar refractivity (Wildman–Crippen MR) is 76.2 cm³/mol. The number of ether oxygens (including phenoxy) is 1. The standard InChI is InChI=1S/C15H22N2O3/c16-14(19)6-7-17-8-9-20-15(11-17,12-18)10-13-4-2-1-3-5-13/h1-5,18H,6-12H2,(H2,16,19)/t15-/m0/s1. The molecule has 2 rings (SSSR count). The zero-order valence-corrected chi connectivity index (χ0v) is 11.6. The third-order valence-corrected chi connectivity index (χ3v) is 3.66. The van der Waals surface area contributed by atoms with Gasteiger partial charge in [0.25, 0.3) is 0 Å². The molecular formula is C15H22N2O3. The summed E-state index contributed by atoms with van der Waals surface area (Å²) < 4.78 is 5.85. The van der Waals surface area contributed by atoms with Crippen LogP contribution in [0.4, 0.5) is 0 Å². The molecule has 0 bridgehead atoms. The minimum atomic E-state index is -0.586. The molecule has 0 aliphatic carbocycles. The normalized spacial score (nSPS) is 23.6. The fraction of sp³-hybridized carbons (Fsp3) is 0.533. The first-order valence-corrected chi connectivity index (χ1v) is 6.93. The van der Waals surface area contributed by atoms with Crippen molar-refractivity contribution in [3.05, 3.63) is 35.9 Å². The van der Waals surface area contributed by atoms with Crippen LogP contribution in [0.3, 0.4) is 0 Å². The van der Waals surface area contributed by atoms with Crippen molar-refractivity contribution in [2.24, 2.45) is 5.73 Å². The minimum Gasteiger partial charge on any atom is -0.393 e. The zero-order chi connectivity index (χ0) is 14.4. The van der Waals surface area contributed by atoms with Crippen molar-refractivity contribution >= 4 is 5.91 Å². The van der Waals surface area contributed by atoms with Crippen LogP contribution in [0.25, 0.3) is 0 Å². The highest BCUT2D eigenvalue weighted by Crippen LogP contribution is 2.23. The van der Waals surface area contributed by atoms with Gasteiger partial charge in [-0.2, -0.15) is 0 Å². The number of aliphatic hydroxyl groups excluding tert-OH is 1. The molecule has 1 atom stereocenters. The molecule has 5 nitrogen and oxygen atoms in total. The van der Waals surface area contributed by atoms with Gasteiger partial charge in [-0.05, 0) is 5.56 Å². The van der Waals surface area contributed by atoms with Crippen LogP contribution in [0.2, 0.25) is 0 Å². The van der Waals surface area contributed by atoms with Crippen molar-refractivity contribution in [1.29, 1.82) is 0 Å². The molecule has 1 amide bonds. The van der Waals surface area contributed by atoms with Crippen molar-refractivity contribution < 1.29 is 14.6 Å². The van der Waals surface area contributed by atoms with Crippen LogP contribution in [0.5, 0.6) is 0 Å². The first-order valence-electron chi connectivity index (χ1n) is 6.93. The van der Waals surface area contributed by atoms with Crippen LogP contribution in [-0.4, -0.2) is 54.4 Å². The molecule has 0 aromatic heterocycles. The van der Waals surface area contributed by atoms with E-state index < -0.39 is 5.60 Å². The maximum Gasteiger partial charge on any atom is 0.218 e. The van der Waals surface area contributed by atoms with Gasteiger partial charge in [0.2, 0.25) is 5.91 Å². The monoisotopic (exact) mass is 278 g/mol. The molecule has 0 unspecified atom stereocenters. The smallest absolute Gasteiger partial charge is 0.218 e. The minimum absolute atomic E-state index is 0.0328. The van der Waals surface area contributed by atoms with E-state index in [1.807, 2.05) is 30.3 Å². The quantitative estimate of drug-likeness (QED) is 0.777. The van der Waals surface area contributed by atoms with Crippen LogP contribution < -0.4 is 5.73 Å². The Morgan fingerprint density at radius 1 is 1.40 bits per heavy atom. The second-order valence-corrected chi connectivity index (χ2v) is 5.34. The summed E-state index contributed by atoms with van der Waals surface area (Å²) in [7, 11) is 0. The molecule has 1 saturated heterocycles. The van der Waals surface area contributed by atoms with Gasteiger partial charge in [-0.3, -0.25) is 9.69 Å². The number of carbonyl (C=O) groups is 1. The summed E-state index contributed by atoms with van der Waals surface area (Å²) in [6, 6.07) is 9.99. The van der Waals surface area contributed by atoms with E-state index in [9.17, 15) is 9.90 Å². The zero-order valence-electron chi connectivity index (χ0n) is 11.6. The lowest BCUT2D eigenvalue weighted by Gasteiger charge is -2.41. The Bertz CT molecular complexity index is 438. The molecule has 0 radical (unpaired) electrons. The molecule has 0 spiro atoms. The Morgan fingerprint density at radius 3 is 2.80 bits per heavy atom. The number of hydrogen-bond acceptors (Lipinski definition) is 4. The molecule has 1 aliphatic heterocycles. The fourth-order valence-corrected chi connectivity index (χ4v) is 2.61. The molecule has 1 aromatic carbocycles. The largest absolute Gasteiger partial charge is 0.393 e. The second-order valence-electron chi connectivity index (χ2n) is 5.34. The van der Waals surface area contributed by atoms with E-state index in [0.717, 1.165) is 12.1 Å². The highest BCUT2D eigenvalue weighted by atomic mass is 16.5. The molecule has 110 valence electrons. The van der Waals surface area contributed by atoms with Crippen molar-refractivity contribution in [3.8, 4) is 0 Å². The number of benzene rings is 1. The summed E-state index contributed by atoms with van der Waals surface area (Å²) in [5.41, 5.74) is 5.74. The third-order valence-electron chi connectivity index (χ3n) is 3.66. The van der Waals surface area contributed by atoms with E-state index >= 15 is 0 Å². The van der Waals surface area contributed by atoms with Gasteiger partial charge in [0, 0.05) is 32.5 Å². The van der Waals surface area contributed by atoms with E-state index in [2.05, 4.69) is 4.90 Å². The lowest BCUT2D eigenvalue weighted by molar-refractivity contribution is -0.134. The number of rotatable bonds is 6. The van der Waals surface area contributed by atoms with Gasteiger partial charge >= 0.3 is 0 Å². The number of morpholine rings is 1. The van der Waals surface area contributed by atoms with E-state index in [-0.39, 0.29) is 12.5 Å². The number of hydrogen-bond donors (Lipinski definition) is 2. The van der Waals surface area contributed by atoms with Crippen LogP contribution in [0, 0.1) is 0 Å². The van der Waals surface area contributed by atoms with E-state index in [1.54, 1.807) is 0 Å². The Kier molecular flexibility index (Phi) is 5.11. The lowest BCUT2D eigenvalue weighted by Crippen LogP contribution is -2.55. The summed E-state index contributed by atoms with van der Waals surface area (Å²) in [4.78, 5) is 13.0. The first kappa shape index (κ1) is 15.0. The Hall–Kier alpha value is -1.43. The van der Waals surface area contributed by atoms with Crippen molar-refractivity contribution in [2.75, 3.05) is 32.8 Å². The topological polar surface area (TPSA) is 75.8 Å². The predicted octanol–water partition coefficient (Wildman–Crippen LogP) is 0.168. The van der Waals surface area contributed by atoms with Gasteiger partial charge in [0.15, 0.2) is 0 Å². The van der Waals surface area contributed by atoms with Crippen molar-refractivity contribution in [2.45, 2.75) is 18.4 Å². The van der Waals surface area contributed by atoms with Crippen LogP contribution in [0.15, 0.2) is 30.3 Å². The molecule has 20 heavy (non-hydrogen) atoms. The molecule has 1 fully saturated rings. The highest BCUT2D eigenvalue weighted by molar-refractivity contribution is 5.73. The molecule has 3 N–H and O–H groups in total. The maximum atomic E-state index is 10.9. The van der Waals surface area contributed by atoms with Gasteiger partial charge in [-0.25, -0.2) is 0 Å². The van der Waals surface area contributed by atoms with Gasteiger partial charge in [-0.15, -0.1) is 0 Å². The summed E-state index contributed by atoms with van der Waals surface area (Å²) in [6.07, 6.45) is 1.00. The van der Waals surface area contributed by atoms with Crippen molar-refractivity contribution in [1.82, 2.24) is 4.90 Å². The molecule has 5 heteroatoms. The Balaban J connectivity index is 2.00. The highest BCUT2D eigenvalue weighted by Gasteiger charge is 2.36. The molecule has 1 aromatic rings. The number of nitrogens with zero attached hydrogens (tertiary/aromatic N) is 1. The molecular weight excluding hydrogens is 256 g/mol. The fourth-order valence-electron chi connectivity index (χ4n) is 2.61. The number of primary amides is 1. The molecule has 1 heterocycles. The van der Waals surface area contributed by atoms with Gasteiger partial charge in [-0.1, -0.05) is 30.3 Å².